The Balaban J connectivity index is 2.58. The Labute approximate surface area is 90.7 Å². The number of aliphatic hydroxyl groups is 1. The summed E-state index contributed by atoms with van der Waals surface area (Å²) in [6.07, 6.45) is 0.320. The van der Waals surface area contributed by atoms with Gasteiger partial charge < -0.3 is 15.5 Å². The number of carboxylic acids is 1. The van der Waals surface area contributed by atoms with Crippen LogP contribution in [0.15, 0.2) is 0 Å². The van der Waals surface area contributed by atoms with Gasteiger partial charge in [-0.3, -0.25) is 4.79 Å². The number of aliphatic carboxylic acids is 1. The number of carboxylic acid groups (broad SMARTS) is 1. The van der Waals surface area contributed by atoms with Crippen molar-refractivity contribution in [3.05, 3.63) is 0 Å². The molecule has 0 aliphatic heterocycles. The van der Waals surface area contributed by atoms with E-state index in [1.165, 1.54) is 0 Å². The van der Waals surface area contributed by atoms with Crippen LogP contribution >= 0.6 is 0 Å². The highest BCUT2D eigenvalue weighted by molar-refractivity contribution is 5.73. The molecule has 88 valence electrons. The molecule has 3 atom stereocenters. The number of carbonyl (C=O) groups is 1. The minimum Gasteiger partial charge on any atom is -0.480 e. The van der Waals surface area contributed by atoms with Gasteiger partial charge in [-0.15, -0.1) is 0 Å². The van der Waals surface area contributed by atoms with Gasteiger partial charge >= 0.3 is 5.97 Å². The number of aliphatic hydroxyl groups excluding tert-OH is 1. The van der Waals surface area contributed by atoms with Crippen LogP contribution in [-0.4, -0.2) is 34.4 Å². The Kier molecular flexibility index (Phi) is 3.41. The summed E-state index contributed by atoms with van der Waals surface area (Å²) in [7, 11) is 0. The molecule has 4 heteroatoms. The highest BCUT2D eigenvalue weighted by atomic mass is 16.4. The quantitative estimate of drug-likeness (QED) is 0.650. The highest BCUT2D eigenvalue weighted by Crippen LogP contribution is 2.40. The van der Waals surface area contributed by atoms with Crippen LogP contribution in [0.1, 0.15) is 34.1 Å². The lowest BCUT2D eigenvalue weighted by molar-refractivity contribution is -0.143. The van der Waals surface area contributed by atoms with E-state index in [2.05, 4.69) is 5.32 Å². The van der Waals surface area contributed by atoms with Crippen molar-refractivity contribution in [2.45, 2.75) is 52.3 Å². The molecule has 0 saturated heterocycles. The van der Waals surface area contributed by atoms with E-state index in [0.717, 1.165) is 0 Å². The summed E-state index contributed by atoms with van der Waals surface area (Å²) in [6, 6.07) is -0.433. The van der Waals surface area contributed by atoms with Crippen molar-refractivity contribution in [3.63, 3.8) is 0 Å². The molecule has 0 spiro atoms. The molecule has 1 rings (SSSR count). The molecule has 1 fully saturated rings. The summed E-state index contributed by atoms with van der Waals surface area (Å²) < 4.78 is 0. The molecule has 1 aliphatic rings. The number of rotatable bonds is 4. The maximum atomic E-state index is 11.0. The zero-order valence-electron chi connectivity index (χ0n) is 9.82. The minimum atomic E-state index is -0.817. The number of nitrogens with one attached hydrogen (secondary N) is 1. The molecule has 0 aromatic carbocycles. The number of hydrogen-bond acceptors (Lipinski definition) is 3. The lowest BCUT2D eigenvalue weighted by Gasteiger charge is -2.50. The van der Waals surface area contributed by atoms with Gasteiger partial charge in [-0.2, -0.15) is 0 Å². The van der Waals surface area contributed by atoms with Gasteiger partial charge in [0.15, 0.2) is 0 Å². The summed E-state index contributed by atoms with van der Waals surface area (Å²) in [4.78, 5) is 11.0. The summed E-state index contributed by atoms with van der Waals surface area (Å²) in [5, 5.41) is 21.7. The summed E-state index contributed by atoms with van der Waals surface area (Å²) in [5.74, 6) is -0.766. The maximum Gasteiger partial charge on any atom is 0.320 e. The minimum absolute atomic E-state index is 0.0519. The Morgan fingerprint density at radius 2 is 2.00 bits per heavy atom. The van der Waals surface area contributed by atoms with E-state index in [-0.39, 0.29) is 23.5 Å². The van der Waals surface area contributed by atoms with Gasteiger partial charge in [0.25, 0.3) is 0 Å². The topological polar surface area (TPSA) is 69.6 Å². The summed E-state index contributed by atoms with van der Waals surface area (Å²) in [6.45, 7) is 7.68. The fourth-order valence-electron chi connectivity index (χ4n) is 1.95. The van der Waals surface area contributed by atoms with E-state index in [1.807, 2.05) is 27.7 Å². The Bertz CT molecular complexity index is 250. The summed E-state index contributed by atoms with van der Waals surface area (Å²) >= 11 is 0. The second-order valence-electron chi connectivity index (χ2n) is 5.35. The molecular weight excluding hydrogens is 194 g/mol. The molecule has 0 heterocycles. The highest BCUT2D eigenvalue weighted by Gasteiger charge is 2.48. The third kappa shape index (κ3) is 2.32. The van der Waals surface area contributed by atoms with E-state index >= 15 is 0 Å². The van der Waals surface area contributed by atoms with Gasteiger partial charge in [0.1, 0.15) is 6.04 Å². The van der Waals surface area contributed by atoms with E-state index in [9.17, 15) is 9.90 Å². The standard InChI is InChI=1S/C11H21NO3/c1-6(2)9(10(14)15)12-7-5-8(13)11(7,3)4/h6-9,12-13H,5H2,1-4H3,(H,14,15). The van der Waals surface area contributed by atoms with E-state index in [1.54, 1.807) is 0 Å². The van der Waals surface area contributed by atoms with E-state index in [0.29, 0.717) is 6.42 Å². The van der Waals surface area contributed by atoms with Crippen molar-refractivity contribution in [1.29, 1.82) is 0 Å². The molecule has 1 aliphatic carbocycles. The molecule has 1 saturated carbocycles. The normalized spacial score (nSPS) is 31.1. The maximum absolute atomic E-state index is 11.0. The van der Waals surface area contributed by atoms with Crippen LogP contribution < -0.4 is 5.32 Å². The van der Waals surface area contributed by atoms with Crippen LogP contribution in [0.2, 0.25) is 0 Å². The first-order valence-corrected chi connectivity index (χ1v) is 5.43. The first-order chi connectivity index (χ1) is 6.76. The van der Waals surface area contributed by atoms with Crippen LogP contribution in [0.5, 0.6) is 0 Å². The first-order valence-electron chi connectivity index (χ1n) is 5.43. The van der Waals surface area contributed by atoms with Crippen LogP contribution in [-0.2, 0) is 4.79 Å². The fraction of sp³-hybridized carbons (Fsp3) is 0.909. The lowest BCUT2D eigenvalue weighted by atomic mass is 9.64. The zero-order chi connectivity index (χ0) is 11.8. The second kappa shape index (κ2) is 4.10. The lowest BCUT2D eigenvalue weighted by Crippen LogP contribution is -2.63. The molecular formula is C11H21NO3. The van der Waals surface area contributed by atoms with Gasteiger partial charge in [-0.25, -0.2) is 0 Å². The van der Waals surface area contributed by atoms with Crippen LogP contribution in [0.25, 0.3) is 0 Å². The van der Waals surface area contributed by atoms with Gasteiger partial charge in [0.2, 0.25) is 0 Å². The van der Waals surface area contributed by atoms with Crippen molar-refractivity contribution in [2.24, 2.45) is 11.3 Å². The van der Waals surface area contributed by atoms with Crippen LogP contribution in [0, 0.1) is 11.3 Å². The molecule has 0 aromatic rings. The van der Waals surface area contributed by atoms with Crippen LogP contribution in [0.4, 0.5) is 0 Å². The summed E-state index contributed by atoms with van der Waals surface area (Å²) in [5.41, 5.74) is -0.220. The molecule has 4 nitrogen and oxygen atoms in total. The van der Waals surface area contributed by atoms with E-state index in [4.69, 9.17) is 5.11 Å². The average Bonchev–Trinajstić information content (AvgIpc) is 2.10. The Morgan fingerprint density at radius 3 is 2.27 bits per heavy atom. The fourth-order valence-corrected chi connectivity index (χ4v) is 1.95. The van der Waals surface area contributed by atoms with Gasteiger partial charge in [0.05, 0.1) is 6.10 Å². The van der Waals surface area contributed by atoms with Crippen molar-refractivity contribution < 1.29 is 15.0 Å². The SMILES string of the molecule is CC(C)C(NC1CC(O)C1(C)C)C(=O)O. The van der Waals surface area contributed by atoms with Crippen LogP contribution in [0.3, 0.4) is 0 Å². The number of hydrogen-bond donors (Lipinski definition) is 3. The second-order valence-corrected chi connectivity index (χ2v) is 5.35. The monoisotopic (exact) mass is 215 g/mol. The van der Waals surface area contributed by atoms with Crippen molar-refractivity contribution in [2.75, 3.05) is 0 Å². The first kappa shape index (κ1) is 12.5. The Hall–Kier alpha value is -0.610. The zero-order valence-corrected chi connectivity index (χ0v) is 9.82. The van der Waals surface area contributed by atoms with Gasteiger partial charge in [-0.1, -0.05) is 27.7 Å². The van der Waals surface area contributed by atoms with Crippen molar-refractivity contribution in [3.8, 4) is 0 Å². The molecule has 0 amide bonds. The largest absolute Gasteiger partial charge is 0.480 e. The Morgan fingerprint density at radius 1 is 1.47 bits per heavy atom. The molecule has 3 unspecified atom stereocenters. The predicted octanol–water partition coefficient (Wildman–Crippen LogP) is 0.845. The van der Waals surface area contributed by atoms with Gasteiger partial charge in [-0.05, 0) is 12.3 Å². The molecule has 0 radical (unpaired) electrons. The molecule has 0 aromatic heterocycles. The van der Waals surface area contributed by atoms with E-state index < -0.39 is 12.0 Å². The predicted molar refractivity (Wildman–Crippen MR) is 57.6 cm³/mol. The third-order valence-electron chi connectivity index (χ3n) is 3.53. The third-order valence-corrected chi connectivity index (χ3v) is 3.53. The average molecular weight is 215 g/mol. The molecule has 3 N–H and O–H groups in total. The molecule has 15 heavy (non-hydrogen) atoms. The van der Waals surface area contributed by atoms with Crippen molar-refractivity contribution >= 4 is 5.97 Å². The van der Waals surface area contributed by atoms with Crippen molar-refractivity contribution in [1.82, 2.24) is 5.32 Å². The smallest absolute Gasteiger partial charge is 0.320 e. The van der Waals surface area contributed by atoms with Gasteiger partial charge in [0, 0.05) is 11.5 Å². The molecule has 0 bridgehead atoms.